The molecule has 7 nitrogen and oxygen atoms in total. The largest absolute Gasteiger partial charge is 0.497 e. The summed E-state index contributed by atoms with van der Waals surface area (Å²) in [5, 5.41) is 4.80. The van der Waals surface area contributed by atoms with Crippen molar-refractivity contribution in [2.45, 2.75) is 11.3 Å². The van der Waals surface area contributed by atoms with E-state index in [1.54, 1.807) is 12.5 Å². The van der Waals surface area contributed by atoms with E-state index in [1.807, 2.05) is 24.3 Å². The fourth-order valence-electron chi connectivity index (χ4n) is 2.45. The number of nitrogens with one attached hydrogen (secondary N) is 2. The third-order valence-corrected chi connectivity index (χ3v) is 6.11. The zero-order chi connectivity index (χ0) is 20.0. The minimum absolute atomic E-state index is 0.0671. The Morgan fingerprint density at radius 1 is 1.11 bits per heavy atom. The van der Waals surface area contributed by atoms with Crippen LogP contribution in [0.5, 0.6) is 5.75 Å². The molecule has 0 radical (unpaired) electrons. The van der Waals surface area contributed by atoms with Crippen LogP contribution < -0.4 is 14.8 Å². The van der Waals surface area contributed by atoms with Crippen LogP contribution in [0.3, 0.4) is 0 Å². The number of rotatable bonds is 8. The predicted molar refractivity (Wildman–Crippen MR) is 108 cm³/mol. The topological polar surface area (TPSA) is 97.4 Å². The van der Waals surface area contributed by atoms with Crippen molar-refractivity contribution in [2.24, 2.45) is 0 Å². The number of hydrogen-bond donors (Lipinski definition) is 2. The van der Waals surface area contributed by atoms with E-state index in [0.29, 0.717) is 23.7 Å². The maximum absolute atomic E-state index is 12.3. The van der Waals surface area contributed by atoms with E-state index in [0.717, 1.165) is 11.3 Å². The first kappa shape index (κ1) is 19.8. The van der Waals surface area contributed by atoms with Gasteiger partial charge in [0.25, 0.3) is 15.9 Å². The highest BCUT2D eigenvalue weighted by atomic mass is 32.2. The Hall–Kier alpha value is -2.91. The average molecular weight is 418 g/mol. The molecule has 0 atom stereocenters. The lowest BCUT2D eigenvalue weighted by Crippen LogP contribution is -2.25. The van der Waals surface area contributed by atoms with Gasteiger partial charge in [-0.3, -0.25) is 9.52 Å². The lowest BCUT2D eigenvalue weighted by atomic mass is 10.1. The van der Waals surface area contributed by atoms with E-state index in [9.17, 15) is 13.2 Å². The molecule has 0 saturated heterocycles. The van der Waals surface area contributed by atoms with Gasteiger partial charge in [0.1, 0.15) is 5.75 Å². The summed E-state index contributed by atoms with van der Waals surface area (Å²) >= 11 is 1.19. The predicted octanol–water partition coefficient (Wildman–Crippen LogP) is 2.93. The second-order valence-electron chi connectivity index (χ2n) is 5.82. The quantitative estimate of drug-likeness (QED) is 0.587. The van der Waals surface area contributed by atoms with Crippen molar-refractivity contribution in [3.05, 3.63) is 71.2 Å². The Bertz CT molecular complexity index is 1020. The summed E-state index contributed by atoms with van der Waals surface area (Å²) in [6.45, 7) is 0.469. The number of aromatic nitrogens is 1. The van der Waals surface area contributed by atoms with Crippen LogP contribution in [-0.2, 0) is 16.4 Å². The van der Waals surface area contributed by atoms with Gasteiger partial charge in [0.2, 0.25) is 0 Å². The maximum atomic E-state index is 12.3. The number of hydrogen-bond acceptors (Lipinski definition) is 6. The molecule has 0 unspecified atom stereocenters. The minimum atomic E-state index is -3.73. The van der Waals surface area contributed by atoms with Gasteiger partial charge < -0.3 is 10.1 Å². The molecule has 0 spiro atoms. The molecule has 0 aliphatic rings. The van der Waals surface area contributed by atoms with Crippen LogP contribution in [0.15, 0.2) is 65.0 Å². The first-order valence-electron chi connectivity index (χ1n) is 8.41. The number of anilines is 1. The highest BCUT2D eigenvalue weighted by Gasteiger charge is 2.16. The van der Waals surface area contributed by atoms with Crippen molar-refractivity contribution >= 4 is 32.4 Å². The van der Waals surface area contributed by atoms with Gasteiger partial charge >= 0.3 is 0 Å². The third-order valence-electron chi connectivity index (χ3n) is 3.94. The van der Waals surface area contributed by atoms with Crippen molar-refractivity contribution in [1.82, 2.24) is 10.3 Å². The Morgan fingerprint density at radius 2 is 1.82 bits per heavy atom. The molecule has 0 fully saturated rings. The SMILES string of the molecule is COc1ccc(CCNC(=O)c2ccc(S(=O)(=O)Nc3nccs3)cc2)cc1. The standard InChI is InChI=1S/C19H19N3O4S2/c1-26-16-6-2-14(3-7-16)10-11-20-18(23)15-4-8-17(9-5-15)28(24,25)22-19-21-12-13-27-19/h2-9,12-13H,10-11H2,1H3,(H,20,23)(H,21,22). The first-order valence-corrected chi connectivity index (χ1v) is 10.8. The number of carbonyl (C=O) groups excluding carboxylic acids is 1. The Morgan fingerprint density at radius 3 is 2.43 bits per heavy atom. The van der Waals surface area contributed by atoms with E-state index < -0.39 is 10.0 Å². The van der Waals surface area contributed by atoms with Gasteiger partial charge in [-0.25, -0.2) is 13.4 Å². The van der Waals surface area contributed by atoms with Crippen molar-refractivity contribution < 1.29 is 17.9 Å². The summed E-state index contributed by atoms with van der Waals surface area (Å²) in [6.07, 6.45) is 2.20. The van der Waals surface area contributed by atoms with Gasteiger partial charge in [-0.05, 0) is 48.4 Å². The molecule has 1 aromatic heterocycles. The molecule has 1 heterocycles. The summed E-state index contributed by atoms with van der Waals surface area (Å²) in [6, 6.07) is 13.4. The molecule has 0 aliphatic carbocycles. The molecule has 146 valence electrons. The van der Waals surface area contributed by atoms with Gasteiger partial charge in [0, 0.05) is 23.7 Å². The van der Waals surface area contributed by atoms with Crippen molar-refractivity contribution in [2.75, 3.05) is 18.4 Å². The lowest BCUT2D eigenvalue weighted by molar-refractivity contribution is 0.0954. The fourth-order valence-corrected chi connectivity index (χ4v) is 4.24. The number of benzene rings is 2. The molecular weight excluding hydrogens is 398 g/mol. The van der Waals surface area contributed by atoms with E-state index in [-0.39, 0.29) is 10.8 Å². The van der Waals surface area contributed by atoms with Gasteiger partial charge in [-0.15, -0.1) is 11.3 Å². The Kier molecular flexibility index (Phi) is 6.27. The Labute approximate surface area is 167 Å². The fraction of sp³-hybridized carbons (Fsp3) is 0.158. The number of nitrogens with zero attached hydrogens (tertiary/aromatic N) is 1. The molecule has 9 heteroatoms. The monoisotopic (exact) mass is 417 g/mol. The summed E-state index contributed by atoms with van der Waals surface area (Å²) in [5.41, 5.74) is 1.47. The molecule has 0 bridgehead atoms. The molecule has 3 rings (SSSR count). The van der Waals surface area contributed by atoms with Crippen LogP contribution in [-0.4, -0.2) is 33.0 Å². The summed E-state index contributed by atoms with van der Waals surface area (Å²) in [5.74, 6) is 0.525. The van der Waals surface area contributed by atoms with Crippen LogP contribution in [0.4, 0.5) is 5.13 Å². The second-order valence-corrected chi connectivity index (χ2v) is 8.40. The third kappa shape index (κ3) is 5.08. The number of sulfonamides is 1. The molecule has 2 aromatic carbocycles. The number of carbonyl (C=O) groups is 1. The number of thiazole rings is 1. The van der Waals surface area contributed by atoms with Gasteiger partial charge in [-0.1, -0.05) is 12.1 Å². The maximum Gasteiger partial charge on any atom is 0.263 e. The molecular formula is C19H19N3O4S2. The molecule has 0 aliphatic heterocycles. The van der Waals surface area contributed by atoms with Crippen LogP contribution >= 0.6 is 11.3 Å². The van der Waals surface area contributed by atoms with Crippen LogP contribution in [0.2, 0.25) is 0 Å². The van der Waals surface area contributed by atoms with Crippen LogP contribution in [0.25, 0.3) is 0 Å². The number of amides is 1. The summed E-state index contributed by atoms with van der Waals surface area (Å²) in [4.78, 5) is 16.2. The minimum Gasteiger partial charge on any atom is -0.497 e. The van der Waals surface area contributed by atoms with E-state index in [4.69, 9.17) is 4.74 Å². The Balaban J connectivity index is 1.55. The first-order chi connectivity index (χ1) is 13.5. The molecule has 2 N–H and O–H groups in total. The van der Waals surface area contributed by atoms with E-state index in [1.165, 1.54) is 41.8 Å². The molecule has 3 aromatic rings. The normalized spacial score (nSPS) is 11.0. The average Bonchev–Trinajstić information content (AvgIpc) is 3.21. The molecule has 1 amide bonds. The zero-order valence-corrected chi connectivity index (χ0v) is 16.7. The van der Waals surface area contributed by atoms with E-state index in [2.05, 4.69) is 15.0 Å². The molecule has 0 saturated carbocycles. The van der Waals surface area contributed by atoms with Crippen LogP contribution in [0, 0.1) is 0 Å². The van der Waals surface area contributed by atoms with Crippen molar-refractivity contribution in [3.63, 3.8) is 0 Å². The smallest absolute Gasteiger partial charge is 0.263 e. The van der Waals surface area contributed by atoms with Gasteiger partial charge in [-0.2, -0.15) is 0 Å². The molecule has 28 heavy (non-hydrogen) atoms. The van der Waals surface area contributed by atoms with Crippen molar-refractivity contribution in [3.8, 4) is 5.75 Å². The van der Waals surface area contributed by atoms with E-state index >= 15 is 0 Å². The lowest BCUT2D eigenvalue weighted by Gasteiger charge is -2.08. The summed E-state index contributed by atoms with van der Waals surface area (Å²) < 4.78 is 32.1. The highest BCUT2D eigenvalue weighted by molar-refractivity contribution is 7.93. The highest BCUT2D eigenvalue weighted by Crippen LogP contribution is 2.18. The van der Waals surface area contributed by atoms with Crippen LogP contribution in [0.1, 0.15) is 15.9 Å². The number of ether oxygens (including phenoxy) is 1. The van der Waals surface area contributed by atoms with Gasteiger partial charge in [0.05, 0.1) is 12.0 Å². The second kappa shape index (κ2) is 8.85. The number of methoxy groups -OCH3 is 1. The van der Waals surface area contributed by atoms with Gasteiger partial charge in [0.15, 0.2) is 5.13 Å². The zero-order valence-electron chi connectivity index (χ0n) is 15.1. The summed E-state index contributed by atoms with van der Waals surface area (Å²) in [7, 11) is -2.12. The van der Waals surface area contributed by atoms with Crippen molar-refractivity contribution in [1.29, 1.82) is 0 Å².